The fourth-order valence-corrected chi connectivity index (χ4v) is 3.71. The number of carbonyl (C=O) groups excluding carboxylic acids is 1. The minimum Gasteiger partial charge on any atom is -0.356 e. The van der Waals surface area contributed by atoms with Crippen molar-refractivity contribution >= 4 is 17.4 Å². The number of halogens is 3. The van der Waals surface area contributed by atoms with Gasteiger partial charge in [0.1, 0.15) is 11.5 Å². The molecule has 1 atom stereocenters. The van der Waals surface area contributed by atoms with Crippen LogP contribution >= 0.6 is 0 Å². The molecule has 2 aliphatic heterocycles. The van der Waals surface area contributed by atoms with Crippen molar-refractivity contribution in [2.24, 2.45) is 5.92 Å². The van der Waals surface area contributed by atoms with E-state index >= 15 is 0 Å². The van der Waals surface area contributed by atoms with Crippen LogP contribution in [0.2, 0.25) is 0 Å². The average Bonchev–Trinajstić information content (AvgIpc) is 3.28. The summed E-state index contributed by atoms with van der Waals surface area (Å²) in [5.41, 5.74) is 1.21. The van der Waals surface area contributed by atoms with Crippen molar-refractivity contribution in [2.45, 2.75) is 19.0 Å². The Kier molecular flexibility index (Phi) is 4.09. The Bertz CT molecular complexity index is 837. The molecule has 26 heavy (non-hydrogen) atoms. The number of benzene rings is 1. The first-order valence-electron chi connectivity index (χ1n) is 8.62. The van der Waals surface area contributed by atoms with Crippen molar-refractivity contribution in [3.63, 3.8) is 0 Å². The molecule has 1 amide bonds. The third-order valence-corrected chi connectivity index (χ3v) is 5.04. The lowest BCUT2D eigenvalue weighted by molar-refractivity contribution is -0.141. The van der Waals surface area contributed by atoms with Gasteiger partial charge in [0.25, 0.3) is 0 Å². The molecule has 0 N–H and O–H groups in total. The highest BCUT2D eigenvalue weighted by atomic mass is 19.4. The maximum atomic E-state index is 12.9. The Morgan fingerprint density at radius 2 is 1.88 bits per heavy atom. The normalized spacial score (nSPS) is 19.7. The zero-order valence-corrected chi connectivity index (χ0v) is 14.0. The number of carbonyl (C=O) groups is 1. The molecule has 2 aromatic rings. The maximum Gasteiger partial charge on any atom is 0.433 e. The highest BCUT2D eigenvalue weighted by Crippen LogP contribution is 2.33. The van der Waals surface area contributed by atoms with Crippen LogP contribution in [0.1, 0.15) is 17.7 Å². The number of alkyl halides is 3. The molecular formula is C19H18F3N3O. The third kappa shape index (κ3) is 3.02. The van der Waals surface area contributed by atoms with E-state index in [0.29, 0.717) is 26.1 Å². The van der Waals surface area contributed by atoms with E-state index in [2.05, 4.69) is 4.98 Å². The highest BCUT2D eigenvalue weighted by molar-refractivity contribution is 5.97. The molecule has 0 spiro atoms. The number of nitrogens with zero attached hydrogens (tertiary/aromatic N) is 3. The molecule has 7 heteroatoms. The molecule has 3 heterocycles. The molecule has 4 nitrogen and oxygen atoms in total. The van der Waals surface area contributed by atoms with Gasteiger partial charge >= 0.3 is 6.18 Å². The number of rotatable bonds is 2. The van der Waals surface area contributed by atoms with Crippen LogP contribution < -0.4 is 9.80 Å². The van der Waals surface area contributed by atoms with Gasteiger partial charge in [0.15, 0.2) is 0 Å². The summed E-state index contributed by atoms with van der Waals surface area (Å²) in [6.07, 6.45) is -3.01. The summed E-state index contributed by atoms with van der Waals surface area (Å²) in [6.45, 7) is 1.59. The fourth-order valence-electron chi connectivity index (χ4n) is 3.71. The lowest BCUT2D eigenvalue weighted by Gasteiger charge is -2.22. The van der Waals surface area contributed by atoms with Crippen LogP contribution in [0, 0.1) is 5.92 Å². The predicted molar refractivity (Wildman–Crippen MR) is 92.1 cm³/mol. The van der Waals surface area contributed by atoms with Crippen LogP contribution in [0.25, 0.3) is 0 Å². The summed E-state index contributed by atoms with van der Waals surface area (Å²) in [5, 5.41) is 0. The molecule has 0 saturated carbocycles. The topological polar surface area (TPSA) is 36.4 Å². The first-order chi connectivity index (χ1) is 12.4. The summed E-state index contributed by atoms with van der Waals surface area (Å²) in [6, 6.07) is 11.7. The van der Waals surface area contributed by atoms with Crippen molar-refractivity contribution in [1.29, 1.82) is 0 Å². The van der Waals surface area contributed by atoms with Crippen LogP contribution in [0.15, 0.2) is 42.5 Å². The Balaban J connectivity index is 1.49. The molecule has 136 valence electrons. The number of amides is 1. The predicted octanol–water partition coefficient (Wildman–Crippen LogP) is 3.52. The van der Waals surface area contributed by atoms with Gasteiger partial charge < -0.3 is 9.80 Å². The lowest BCUT2D eigenvalue weighted by Crippen LogP contribution is -2.36. The second-order valence-electron chi connectivity index (χ2n) is 6.68. The van der Waals surface area contributed by atoms with E-state index in [1.807, 2.05) is 29.2 Å². The van der Waals surface area contributed by atoms with Crippen LogP contribution in [0.3, 0.4) is 0 Å². The minimum absolute atomic E-state index is 0.0458. The first-order valence-corrected chi connectivity index (χ1v) is 8.62. The number of para-hydroxylation sites is 1. The Labute approximate surface area is 149 Å². The van der Waals surface area contributed by atoms with Crippen LogP contribution in [0.5, 0.6) is 0 Å². The van der Waals surface area contributed by atoms with Gasteiger partial charge in [0.05, 0.1) is 5.92 Å². The van der Waals surface area contributed by atoms with E-state index in [0.717, 1.165) is 23.7 Å². The summed E-state index contributed by atoms with van der Waals surface area (Å²) in [5.74, 6) is 0.0962. The second kappa shape index (κ2) is 6.30. The molecule has 0 aliphatic carbocycles. The largest absolute Gasteiger partial charge is 0.433 e. The molecule has 1 unspecified atom stereocenters. The zero-order chi connectivity index (χ0) is 18.3. The molecule has 1 aromatic carbocycles. The first kappa shape index (κ1) is 16.9. The number of hydrogen-bond donors (Lipinski definition) is 0. The fraction of sp³-hybridized carbons (Fsp3) is 0.368. The van der Waals surface area contributed by atoms with Crippen LogP contribution in [0.4, 0.5) is 24.7 Å². The van der Waals surface area contributed by atoms with Crippen molar-refractivity contribution in [1.82, 2.24) is 4.98 Å². The van der Waals surface area contributed by atoms with Gasteiger partial charge in [0.2, 0.25) is 5.91 Å². The number of fused-ring (bicyclic) bond motifs is 1. The number of aromatic nitrogens is 1. The van der Waals surface area contributed by atoms with Gasteiger partial charge in [0, 0.05) is 25.3 Å². The van der Waals surface area contributed by atoms with Crippen molar-refractivity contribution in [2.75, 3.05) is 29.4 Å². The Hall–Kier alpha value is -2.57. The molecule has 1 saturated heterocycles. The SMILES string of the molecule is O=C(C1CCN(c2cccc(C(F)(F)F)n2)C1)N1CCc2ccccc21. The molecule has 4 rings (SSSR count). The van der Waals surface area contributed by atoms with Crippen molar-refractivity contribution in [3.8, 4) is 0 Å². The number of hydrogen-bond acceptors (Lipinski definition) is 3. The van der Waals surface area contributed by atoms with E-state index in [-0.39, 0.29) is 17.6 Å². The van der Waals surface area contributed by atoms with Crippen LogP contribution in [-0.4, -0.2) is 30.5 Å². The lowest BCUT2D eigenvalue weighted by atomic mass is 10.1. The Morgan fingerprint density at radius 3 is 2.69 bits per heavy atom. The van der Waals surface area contributed by atoms with Crippen molar-refractivity contribution in [3.05, 3.63) is 53.7 Å². The summed E-state index contributed by atoms with van der Waals surface area (Å²) >= 11 is 0. The van der Waals surface area contributed by atoms with E-state index in [9.17, 15) is 18.0 Å². The average molecular weight is 361 g/mol. The second-order valence-corrected chi connectivity index (χ2v) is 6.68. The van der Waals surface area contributed by atoms with Crippen molar-refractivity contribution < 1.29 is 18.0 Å². The smallest absolute Gasteiger partial charge is 0.356 e. The third-order valence-electron chi connectivity index (χ3n) is 5.04. The molecule has 1 aromatic heterocycles. The van der Waals surface area contributed by atoms with E-state index in [1.165, 1.54) is 6.07 Å². The number of anilines is 2. The number of pyridine rings is 1. The van der Waals surface area contributed by atoms with Gasteiger partial charge in [-0.25, -0.2) is 4.98 Å². The van der Waals surface area contributed by atoms with E-state index < -0.39 is 11.9 Å². The molecule has 1 fully saturated rings. The van der Waals surface area contributed by atoms with Crippen LogP contribution in [-0.2, 0) is 17.4 Å². The highest BCUT2D eigenvalue weighted by Gasteiger charge is 2.36. The van der Waals surface area contributed by atoms with Gasteiger partial charge in [-0.15, -0.1) is 0 Å². The summed E-state index contributed by atoms with van der Waals surface area (Å²) < 4.78 is 38.6. The van der Waals surface area contributed by atoms with Gasteiger partial charge in [-0.05, 0) is 36.6 Å². The minimum atomic E-state index is -4.47. The quantitative estimate of drug-likeness (QED) is 0.821. The monoisotopic (exact) mass is 361 g/mol. The van der Waals surface area contributed by atoms with E-state index in [4.69, 9.17) is 0 Å². The Morgan fingerprint density at radius 1 is 1.08 bits per heavy atom. The molecule has 0 radical (unpaired) electrons. The van der Waals surface area contributed by atoms with Gasteiger partial charge in [-0.2, -0.15) is 13.2 Å². The molecular weight excluding hydrogens is 343 g/mol. The van der Waals surface area contributed by atoms with Gasteiger partial charge in [-0.3, -0.25) is 4.79 Å². The zero-order valence-electron chi connectivity index (χ0n) is 14.0. The summed E-state index contributed by atoms with van der Waals surface area (Å²) in [7, 11) is 0. The summed E-state index contributed by atoms with van der Waals surface area (Å²) in [4.78, 5) is 20.2. The standard InChI is InChI=1S/C19H18F3N3O/c20-19(21,22)16-6-3-7-17(23-16)24-10-8-14(12-24)18(26)25-11-9-13-4-1-2-5-15(13)25/h1-7,14H,8-12H2. The molecule has 0 bridgehead atoms. The van der Waals surface area contributed by atoms with Gasteiger partial charge in [-0.1, -0.05) is 24.3 Å². The maximum absolute atomic E-state index is 12.9. The van der Waals surface area contributed by atoms with E-state index in [1.54, 1.807) is 11.0 Å². The molecule has 2 aliphatic rings.